The first-order valence-corrected chi connectivity index (χ1v) is 15.3. The van der Waals surface area contributed by atoms with E-state index in [0.717, 1.165) is 23.1 Å². The van der Waals surface area contributed by atoms with Gasteiger partial charge >= 0.3 is 12.5 Å². The second-order valence-electron chi connectivity index (χ2n) is 12.1. The van der Waals surface area contributed by atoms with Gasteiger partial charge in [-0.15, -0.1) is 35.7 Å². The van der Waals surface area contributed by atoms with Crippen molar-refractivity contribution in [1.29, 1.82) is 0 Å². The van der Waals surface area contributed by atoms with Crippen molar-refractivity contribution in [3.63, 3.8) is 0 Å². The molecule has 4 rings (SSSR count). The standard InChI is InChI=1S/C30H30F4N4O7S/c1-7-12-29(5,6)26-37-36-24(43-26)19-13-22-23(14-20(19)31)46(41,42)16-21(35-27(40)45-28(2,3)4)25(39)38(22)15-17-8-10-18(11-9-17)44-30(32,33)34/h1,8-11,13-14,21H,12,15-16H2,2-6H3,(H,35,40)/t21-/m0/s1. The van der Waals surface area contributed by atoms with Crippen molar-refractivity contribution in [2.24, 2.45) is 0 Å². The molecule has 2 aromatic carbocycles. The molecule has 0 saturated carbocycles. The van der Waals surface area contributed by atoms with Gasteiger partial charge in [-0.3, -0.25) is 4.79 Å². The van der Waals surface area contributed by atoms with E-state index in [1.165, 1.54) is 12.1 Å². The zero-order chi connectivity index (χ0) is 34.2. The Labute approximate surface area is 262 Å². The molecule has 2 amide bonds. The molecule has 0 bridgehead atoms. The lowest BCUT2D eigenvalue weighted by molar-refractivity contribution is -0.274. The number of alkyl halides is 3. The Morgan fingerprint density at radius 2 is 1.78 bits per heavy atom. The van der Waals surface area contributed by atoms with E-state index in [-0.39, 0.29) is 35.0 Å². The minimum atomic E-state index is -4.94. The molecule has 1 atom stereocenters. The van der Waals surface area contributed by atoms with Gasteiger partial charge in [-0.1, -0.05) is 26.0 Å². The Morgan fingerprint density at radius 3 is 2.37 bits per heavy atom. The summed E-state index contributed by atoms with van der Waals surface area (Å²) in [7, 11) is -4.46. The van der Waals surface area contributed by atoms with Gasteiger partial charge in [0.1, 0.15) is 23.2 Å². The molecule has 3 aromatic rings. The van der Waals surface area contributed by atoms with Gasteiger partial charge in [0.15, 0.2) is 9.84 Å². The molecular weight excluding hydrogens is 636 g/mol. The van der Waals surface area contributed by atoms with Crippen molar-refractivity contribution in [3.05, 3.63) is 53.7 Å². The second kappa shape index (κ2) is 12.3. The molecule has 16 heteroatoms. The Balaban J connectivity index is 1.83. The van der Waals surface area contributed by atoms with Gasteiger partial charge in [-0.05, 0) is 50.6 Å². The van der Waals surface area contributed by atoms with Gasteiger partial charge in [-0.2, -0.15) is 0 Å². The fourth-order valence-corrected chi connectivity index (χ4v) is 6.10. The van der Waals surface area contributed by atoms with Crippen LogP contribution in [-0.4, -0.2) is 54.4 Å². The van der Waals surface area contributed by atoms with E-state index in [0.29, 0.717) is 6.07 Å². The Hall–Kier alpha value is -4.65. The molecule has 46 heavy (non-hydrogen) atoms. The van der Waals surface area contributed by atoms with Gasteiger partial charge in [0.05, 0.1) is 33.9 Å². The van der Waals surface area contributed by atoms with Crippen LogP contribution < -0.4 is 15.0 Å². The topological polar surface area (TPSA) is 141 Å². The van der Waals surface area contributed by atoms with E-state index in [1.54, 1.807) is 34.6 Å². The zero-order valence-corrected chi connectivity index (χ0v) is 26.2. The van der Waals surface area contributed by atoms with E-state index in [4.69, 9.17) is 15.6 Å². The molecule has 0 unspecified atom stereocenters. The number of hydrogen-bond acceptors (Lipinski definition) is 9. The molecule has 1 N–H and O–H groups in total. The van der Waals surface area contributed by atoms with Crippen LogP contribution in [0.25, 0.3) is 11.5 Å². The number of fused-ring (bicyclic) bond motifs is 1. The fraction of sp³-hybridized carbons (Fsp3) is 0.400. The number of halogens is 4. The number of nitrogens with one attached hydrogen (secondary N) is 1. The highest BCUT2D eigenvalue weighted by Gasteiger charge is 2.41. The number of rotatable bonds is 7. The van der Waals surface area contributed by atoms with E-state index >= 15 is 4.39 Å². The van der Waals surface area contributed by atoms with Crippen molar-refractivity contribution in [3.8, 4) is 29.5 Å². The number of anilines is 1. The van der Waals surface area contributed by atoms with E-state index < -0.39 is 74.0 Å². The summed E-state index contributed by atoms with van der Waals surface area (Å²) in [5.41, 5.74) is -2.17. The molecule has 0 spiro atoms. The number of sulfone groups is 1. The Kier molecular flexibility index (Phi) is 9.13. The lowest BCUT2D eigenvalue weighted by Crippen LogP contribution is -2.51. The predicted molar refractivity (Wildman–Crippen MR) is 156 cm³/mol. The average molecular weight is 667 g/mol. The molecule has 11 nitrogen and oxygen atoms in total. The van der Waals surface area contributed by atoms with Gasteiger partial charge in [0, 0.05) is 6.42 Å². The average Bonchev–Trinajstić information content (AvgIpc) is 3.39. The Morgan fingerprint density at radius 1 is 1.13 bits per heavy atom. The third-order valence-electron chi connectivity index (χ3n) is 6.59. The lowest BCUT2D eigenvalue weighted by atomic mass is 9.90. The highest BCUT2D eigenvalue weighted by molar-refractivity contribution is 7.91. The van der Waals surface area contributed by atoms with Crippen LogP contribution in [0.15, 0.2) is 45.7 Å². The predicted octanol–water partition coefficient (Wildman–Crippen LogP) is 5.29. The summed E-state index contributed by atoms with van der Waals surface area (Å²) in [6.07, 6.45) is -0.394. The molecule has 2 heterocycles. The third kappa shape index (κ3) is 7.94. The van der Waals surface area contributed by atoms with Crippen LogP contribution in [0.1, 0.15) is 52.5 Å². The first kappa shape index (κ1) is 34.2. The highest BCUT2D eigenvalue weighted by Crippen LogP contribution is 2.38. The molecular formula is C30H30F4N4O7S. The number of terminal acetylenes is 1. The first-order valence-electron chi connectivity index (χ1n) is 13.7. The smallest absolute Gasteiger partial charge is 0.444 e. The SMILES string of the molecule is C#CCC(C)(C)c1nnc(-c2cc3c(cc2F)S(=O)(=O)C[C@H](NC(=O)OC(C)(C)C)C(=O)N3Cc2ccc(OC(F)(F)F)cc2)o1. The summed E-state index contributed by atoms with van der Waals surface area (Å²) >= 11 is 0. The van der Waals surface area contributed by atoms with Crippen LogP contribution in [0.4, 0.5) is 28.0 Å². The van der Waals surface area contributed by atoms with E-state index in [2.05, 4.69) is 26.2 Å². The van der Waals surface area contributed by atoms with Crippen molar-refractivity contribution in [2.75, 3.05) is 10.7 Å². The summed E-state index contributed by atoms with van der Waals surface area (Å²) in [4.78, 5) is 26.9. The maximum Gasteiger partial charge on any atom is 0.573 e. The number of alkyl carbamates (subject to hydrolysis) is 1. The van der Waals surface area contributed by atoms with Crippen LogP contribution in [0.2, 0.25) is 0 Å². The molecule has 1 aliphatic rings. The van der Waals surface area contributed by atoms with Gasteiger partial charge in [-0.25, -0.2) is 17.6 Å². The number of benzene rings is 2. The Bertz CT molecular complexity index is 1790. The van der Waals surface area contributed by atoms with Gasteiger partial charge < -0.3 is 24.1 Å². The quantitative estimate of drug-likeness (QED) is 0.263. The molecule has 1 aromatic heterocycles. The summed E-state index contributed by atoms with van der Waals surface area (Å²) in [6, 6.07) is 4.53. The van der Waals surface area contributed by atoms with Crippen molar-refractivity contribution >= 4 is 27.5 Å². The number of carbonyl (C=O) groups excluding carboxylic acids is 2. The van der Waals surface area contributed by atoms with Crippen LogP contribution in [-0.2, 0) is 31.3 Å². The molecule has 0 radical (unpaired) electrons. The van der Waals surface area contributed by atoms with Gasteiger partial charge in [0.25, 0.3) is 11.8 Å². The number of nitrogens with zero attached hydrogens (tertiary/aromatic N) is 3. The van der Waals surface area contributed by atoms with Crippen molar-refractivity contribution in [1.82, 2.24) is 15.5 Å². The number of carbonyl (C=O) groups is 2. The second-order valence-corrected chi connectivity index (χ2v) is 14.1. The lowest BCUT2D eigenvalue weighted by Gasteiger charge is -2.27. The van der Waals surface area contributed by atoms with E-state index in [9.17, 15) is 31.2 Å². The summed E-state index contributed by atoms with van der Waals surface area (Å²) in [5, 5.41) is 10.1. The van der Waals surface area contributed by atoms with Crippen LogP contribution in [0, 0.1) is 18.2 Å². The van der Waals surface area contributed by atoms with Gasteiger partial charge in [0.2, 0.25) is 5.89 Å². The molecule has 0 aliphatic carbocycles. The fourth-order valence-electron chi connectivity index (χ4n) is 4.49. The molecule has 246 valence electrons. The largest absolute Gasteiger partial charge is 0.573 e. The number of hydrogen-bond donors (Lipinski definition) is 1. The maximum absolute atomic E-state index is 15.6. The summed E-state index contributed by atoms with van der Waals surface area (Å²) in [5.74, 6) is -1.23. The van der Waals surface area contributed by atoms with Crippen molar-refractivity contribution < 1.29 is 49.5 Å². The molecule has 0 saturated heterocycles. The third-order valence-corrected chi connectivity index (χ3v) is 8.36. The normalized spacial score (nSPS) is 16.7. The minimum Gasteiger partial charge on any atom is -0.444 e. The minimum absolute atomic E-state index is 0.0816. The molecule has 1 aliphatic heterocycles. The number of aromatic nitrogens is 2. The number of amides is 2. The summed E-state index contributed by atoms with van der Waals surface area (Å²) in [6.45, 7) is 7.74. The number of ether oxygens (including phenoxy) is 2. The zero-order valence-electron chi connectivity index (χ0n) is 25.4. The monoisotopic (exact) mass is 666 g/mol. The first-order chi connectivity index (χ1) is 21.2. The van der Waals surface area contributed by atoms with Crippen LogP contribution >= 0.6 is 0 Å². The van der Waals surface area contributed by atoms with Crippen molar-refractivity contribution in [2.45, 2.75) is 75.9 Å². The maximum atomic E-state index is 15.6. The van der Waals surface area contributed by atoms with Crippen LogP contribution in [0.5, 0.6) is 5.75 Å². The molecule has 0 fully saturated rings. The highest BCUT2D eigenvalue weighted by atomic mass is 32.2. The van der Waals surface area contributed by atoms with E-state index in [1.807, 2.05) is 0 Å². The van der Waals surface area contributed by atoms with Crippen LogP contribution in [0.3, 0.4) is 0 Å². The summed E-state index contributed by atoms with van der Waals surface area (Å²) < 4.78 is 95.6.